The lowest BCUT2D eigenvalue weighted by Crippen LogP contribution is -2.23. The summed E-state index contributed by atoms with van der Waals surface area (Å²) in [5, 5.41) is 3.54. The van der Waals surface area contributed by atoms with Crippen molar-refractivity contribution < 1.29 is 4.74 Å². The van der Waals surface area contributed by atoms with E-state index in [1.807, 2.05) is 11.7 Å². The highest BCUT2D eigenvalue weighted by atomic mass is 32.1. The van der Waals surface area contributed by atoms with E-state index >= 15 is 0 Å². The van der Waals surface area contributed by atoms with Crippen LogP contribution in [0, 0.1) is 0 Å². The minimum atomic E-state index is 0.186. The summed E-state index contributed by atoms with van der Waals surface area (Å²) in [5.74, 6) is 1.08. The van der Waals surface area contributed by atoms with Crippen LogP contribution < -0.4 is 10.1 Å². The largest absolute Gasteiger partial charge is 0.493 e. The van der Waals surface area contributed by atoms with Gasteiger partial charge < -0.3 is 10.1 Å². The Bertz CT molecular complexity index is 539. The Hall–Kier alpha value is -1.39. The van der Waals surface area contributed by atoms with Gasteiger partial charge in [-0.25, -0.2) is 0 Å². The zero-order chi connectivity index (χ0) is 13.1. The van der Waals surface area contributed by atoms with Crippen molar-refractivity contribution in [2.24, 2.45) is 0 Å². The van der Waals surface area contributed by atoms with Gasteiger partial charge in [-0.2, -0.15) is 0 Å². The molecule has 4 heteroatoms. The fourth-order valence-electron chi connectivity index (χ4n) is 2.58. The summed E-state index contributed by atoms with van der Waals surface area (Å²) in [5.41, 5.74) is 4.45. The molecule has 0 fully saturated rings. The number of fused-ring (bicyclic) bond motifs is 1. The van der Waals surface area contributed by atoms with Crippen LogP contribution in [-0.2, 0) is 6.42 Å². The van der Waals surface area contributed by atoms with Crippen LogP contribution in [0.1, 0.15) is 35.4 Å². The van der Waals surface area contributed by atoms with Crippen LogP contribution in [-0.4, -0.2) is 18.1 Å². The molecule has 2 heterocycles. The molecule has 1 aliphatic rings. The van der Waals surface area contributed by atoms with Crippen LogP contribution in [0.15, 0.2) is 29.9 Å². The summed E-state index contributed by atoms with van der Waals surface area (Å²) in [6.07, 6.45) is 4.17. The van der Waals surface area contributed by atoms with E-state index in [0.717, 1.165) is 31.7 Å². The topological polar surface area (TPSA) is 34.2 Å². The van der Waals surface area contributed by atoms with Gasteiger partial charge in [0.05, 0.1) is 18.2 Å². The second kappa shape index (κ2) is 5.72. The highest BCUT2D eigenvalue weighted by Crippen LogP contribution is 2.36. The number of nitrogens with zero attached hydrogens (tertiary/aromatic N) is 1. The lowest BCUT2D eigenvalue weighted by Gasteiger charge is -2.25. The van der Waals surface area contributed by atoms with Crippen LogP contribution in [0.2, 0.25) is 0 Å². The van der Waals surface area contributed by atoms with Crippen LogP contribution in [0.25, 0.3) is 0 Å². The third-order valence-corrected chi connectivity index (χ3v) is 4.26. The van der Waals surface area contributed by atoms with Gasteiger partial charge in [0, 0.05) is 16.6 Å². The van der Waals surface area contributed by atoms with Crippen molar-refractivity contribution in [2.45, 2.75) is 25.8 Å². The molecule has 1 unspecified atom stereocenters. The number of ether oxygens (including phenoxy) is 1. The molecule has 0 spiro atoms. The number of hydrogen-bond acceptors (Lipinski definition) is 4. The van der Waals surface area contributed by atoms with Gasteiger partial charge in [-0.05, 0) is 24.9 Å². The Morgan fingerprint density at radius 3 is 3.21 bits per heavy atom. The van der Waals surface area contributed by atoms with Gasteiger partial charge in [-0.1, -0.05) is 25.1 Å². The molecular formula is C15H18N2OS. The highest BCUT2D eigenvalue weighted by Gasteiger charge is 2.22. The van der Waals surface area contributed by atoms with E-state index in [2.05, 4.69) is 35.4 Å². The molecule has 1 aliphatic heterocycles. The molecule has 0 radical (unpaired) electrons. The van der Waals surface area contributed by atoms with Crippen LogP contribution in [0.4, 0.5) is 0 Å². The van der Waals surface area contributed by atoms with Crippen LogP contribution in [0.3, 0.4) is 0 Å². The van der Waals surface area contributed by atoms with Crippen LogP contribution >= 0.6 is 11.3 Å². The monoisotopic (exact) mass is 274 g/mol. The SMILES string of the molecule is CCNC(c1cncs1)c1cccc2c1OCCC2. The summed E-state index contributed by atoms with van der Waals surface area (Å²) < 4.78 is 5.92. The van der Waals surface area contributed by atoms with Crippen molar-refractivity contribution in [3.05, 3.63) is 45.9 Å². The Morgan fingerprint density at radius 2 is 2.42 bits per heavy atom. The number of aryl methyl sites for hydroxylation is 1. The van der Waals surface area contributed by atoms with Crippen molar-refractivity contribution in [1.29, 1.82) is 0 Å². The molecule has 100 valence electrons. The van der Waals surface area contributed by atoms with Gasteiger partial charge in [-0.15, -0.1) is 11.3 Å². The van der Waals surface area contributed by atoms with Gasteiger partial charge in [0.2, 0.25) is 0 Å². The summed E-state index contributed by atoms with van der Waals surface area (Å²) >= 11 is 1.69. The molecular weight excluding hydrogens is 256 g/mol. The fourth-order valence-corrected chi connectivity index (χ4v) is 3.29. The first-order chi connectivity index (χ1) is 9.40. The molecule has 0 saturated carbocycles. The van der Waals surface area contributed by atoms with E-state index in [1.54, 1.807) is 11.3 Å². The number of hydrogen-bond donors (Lipinski definition) is 1. The maximum absolute atomic E-state index is 5.92. The number of benzene rings is 1. The molecule has 3 nitrogen and oxygen atoms in total. The lowest BCUT2D eigenvalue weighted by molar-refractivity contribution is 0.283. The van der Waals surface area contributed by atoms with Gasteiger partial charge >= 0.3 is 0 Å². The van der Waals surface area contributed by atoms with Crippen molar-refractivity contribution in [2.75, 3.05) is 13.2 Å². The third-order valence-electron chi connectivity index (χ3n) is 3.42. The molecule has 0 aliphatic carbocycles. The zero-order valence-corrected chi connectivity index (χ0v) is 11.9. The highest BCUT2D eigenvalue weighted by molar-refractivity contribution is 7.09. The number of para-hydroxylation sites is 1. The molecule has 3 rings (SSSR count). The Morgan fingerprint density at radius 1 is 1.47 bits per heavy atom. The van der Waals surface area contributed by atoms with Gasteiger partial charge in [-0.3, -0.25) is 4.98 Å². The summed E-state index contributed by atoms with van der Waals surface area (Å²) in [6.45, 7) is 3.88. The van der Waals surface area contributed by atoms with Gasteiger partial charge in [0.15, 0.2) is 0 Å². The fraction of sp³-hybridized carbons (Fsp3) is 0.400. The molecule has 0 bridgehead atoms. The van der Waals surface area contributed by atoms with Crippen LogP contribution in [0.5, 0.6) is 5.75 Å². The first kappa shape index (κ1) is 12.6. The van der Waals surface area contributed by atoms with E-state index < -0.39 is 0 Å². The predicted octanol–water partition coefficient (Wildman–Crippen LogP) is 3.17. The molecule has 2 aromatic rings. The van der Waals surface area contributed by atoms with E-state index in [0.29, 0.717) is 0 Å². The van der Waals surface area contributed by atoms with Gasteiger partial charge in [0.25, 0.3) is 0 Å². The summed E-state index contributed by atoms with van der Waals surface area (Å²) in [4.78, 5) is 5.44. The maximum Gasteiger partial charge on any atom is 0.127 e. The second-order valence-electron chi connectivity index (χ2n) is 4.68. The first-order valence-electron chi connectivity index (χ1n) is 6.76. The molecule has 19 heavy (non-hydrogen) atoms. The molecule has 1 aromatic carbocycles. The molecule has 0 saturated heterocycles. The minimum absolute atomic E-state index is 0.186. The number of nitrogens with one attached hydrogen (secondary N) is 1. The number of thiazole rings is 1. The normalized spacial score (nSPS) is 15.6. The second-order valence-corrected chi connectivity index (χ2v) is 5.60. The zero-order valence-electron chi connectivity index (χ0n) is 11.1. The lowest BCUT2D eigenvalue weighted by atomic mass is 9.97. The van der Waals surface area contributed by atoms with E-state index in [9.17, 15) is 0 Å². The molecule has 1 aromatic heterocycles. The molecule has 1 N–H and O–H groups in total. The van der Waals surface area contributed by atoms with Crippen molar-refractivity contribution >= 4 is 11.3 Å². The van der Waals surface area contributed by atoms with E-state index in [-0.39, 0.29) is 6.04 Å². The average molecular weight is 274 g/mol. The van der Waals surface area contributed by atoms with Crippen molar-refractivity contribution in [3.8, 4) is 5.75 Å². The van der Waals surface area contributed by atoms with Crippen molar-refractivity contribution in [1.82, 2.24) is 10.3 Å². The first-order valence-corrected chi connectivity index (χ1v) is 7.64. The van der Waals surface area contributed by atoms with E-state index in [4.69, 9.17) is 4.74 Å². The van der Waals surface area contributed by atoms with Gasteiger partial charge in [0.1, 0.15) is 5.75 Å². The number of aromatic nitrogens is 1. The standard InChI is InChI=1S/C15H18N2OS/c1-2-17-14(13-9-16-10-19-13)12-7-3-5-11-6-4-8-18-15(11)12/h3,5,7,9-10,14,17H,2,4,6,8H2,1H3. The quantitative estimate of drug-likeness (QED) is 0.930. The molecule has 0 amide bonds. The maximum atomic E-state index is 5.92. The Kier molecular flexibility index (Phi) is 3.80. The van der Waals surface area contributed by atoms with Crippen molar-refractivity contribution in [3.63, 3.8) is 0 Å². The summed E-state index contributed by atoms with van der Waals surface area (Å²) in [7, 11) is 0. The third kappa shape index (κ3) is 2.51. The minimum Gasteiger partial charge on any atom is -0.493 e. The summed E-state index contributed by atoms with van der Waals surface area (Å²) in [6, 6.07) is 6.66. The molecule has 1 atom stereocenters. The Balaban J connectivity index is 2.03. The Labute approximate surface area is 117 Å². The van der Waals surface area contributed by atoms with E-state index in [1.165, 1.54) is 16.0 Å². The number of rotatable bonds is 4. The predicted molar refractivity (Wildman–Crippen MR) is 77.9 cm³/mol. The smallest absolute Gasteiger partial charge is 0.127 e. The average Bonchev–Trinajstić information content (AvgIpc) is 2.98.